The summed E-state index contributed by atoms with van der Waals surface area (Å²) in [5.41, 5.74) is 10.7. The molecule has 4 nitrogen and oxygen atoms in total. The van der Waals surface area contributed by atoms with Crippen molar-refractivity contribution in [3.8, 4) is 0 Å². The van der Waals surface area contributed by atoms with Crippen molar-refractivity contribution in [1.82, 2.24) is 10.6 Å². The minimum Gasteiger partial charge on any atom is -0.329 e. The molecule has 0 aromatic carbocycles. The Morgan fingerprint density at radius 1 is 0.571 bits per heavy atom. The number of hydrogen-bond acceptors (Lipinski definition) is 4. The van der Waals surface area contributed by atoms with Gasteiger partial charge in [-0.3, -0.25) is 0 Å². The highest BCUT2D eigenvalue weighted by Crippen LogP contribution is 1.97. The van der Waals surface area contributed by atoms with Crippen LogP contribution in [0.2, 0.25) is 0 Å². The molecule has 0 aromatic rings. The summed E-state index contributed by atoms with van der Waals surface area (Å²) >= 11 is 0. The maximum atomic E-state index is 5.36. The third kappa shape index (κ3) is 11.8. The molecule has 0 aromatic heterocycles. The summed E-state index contributed by atoms with van der Waals surface area (Å²) < 4.78 is 0. The summed E-state index contributed by atoms with van der Waals surface area (Å²) in [5, 5.41) is 6.58. The van der Waals surface area contributed by atoms with Gasteiger partial charge in [-0.05, 0) is 25.9 Å². The molecule has 0 rings (SSSR count). The summed E-state index contributed by atoms with van der Waals surface area (Å²) in [4.78, 5) is 0. The van der Waals surface area contributed by atoms with Crippen LogP contribution in [0.1, 0.15) is 25.7 Å². The molecule has 0 saturated carbocycles. The lowest BCUT2D eigenvalue weighted by Crippen LogP contribution is -2.24. The molecule has 86 valence electrons. The Labute approximate surface area is 87.8 Å². The van der Waals surface area contributed by atoms with Crippen LogP contribution >= 0.6 is 0 Å². The quantitative estimate of drug-likeness (QED) is 0.345. The molecule has 4 heteroatoms. The Bertz CT molecular complexity index is 86.1. The minimum atomic E-state index is 0.739. The summed E-state index contributed by atoms with van der Waals surface area (Å²) in [6, 6.07) is 0. The third-order valence-corrected chi connectivity index (χ3v) is 2.10. The molecule has 0 saturated heterocycles. The molecule has 0 aliphatic rings. The Hall–Kier alpha value is -0.160. The highest BCUT2D eigenvalue weighted by Gasteiger charge is 1.90. The van der Waals surface area contributed by atoms with Crippen molar-refractivity contribution in [3.05, 3.63) is 0 Å². The van der Waals surface area contributed by atoms with E-state index in [1.54, 1.807) is 0 Å². The van der Waals surface area contributed by atoms with Gasteiger partial charge in [0.15, 0.2) is 0 Å². The number of nitrogens with one attached hydrogen (secondary N) is 2. The van der Waals surface area contributed by atoms with Crippen LogP contribution in [-0.2, 0) is 0 Å². The number of unbranched alkanes of at least 4 members (excludes halogenated alkanes) is 3. The van der Waals surface area contributed by atoms with Crippen molar-refractivity contribution < 1.29 is 0 Å². The van der Waals surface area contributed by atoms with E-state index < -0.39 is 0 Å². The van der Waals surface area contributed by atoms with Crippen LogP contribution < -0.4 is 22.1 Å². The van der Waals surface area contributed by atoms with Crippen LogP contribution in [0.25, 0.3) is 0 Å². The largest absolute Gasteiger partial charge is 0.329 e. The van der Waals surface area contributed by atoms with E-state index in [2.05, 4.69) is 10.6 Å². The fraction of sp³-hybridized carbons (Fsp3) is 1.00. The van der Waals surface area contributed by atoms with Gasteiger partial charge < -0.3 is 22.1 Å². The standard InChI is InChI=1S/C10H26N4/c11-5-9-13-7-3-1-2-4-8-14-10-6-12/h13-14H,1-12H2. The molecule has 0 aliphatic carbocycles. The number of nitrogens with two attached hydrogens (primary N) is 2. The molecule has 0 bridgehead atoms. The lowest BCUT2D eigenvalue weighted by Gasteiger charge is -2.04. The Morgan fingerprint density at radius 2 is 1.00 bits per heavy atom. The average molecular weight is 202 g/mol. The maximum absolute atomic E-state index is 5.36. The van der Waals surface area contributed by atoms with Gasteiger partial charge in [-0.2, -0.15) is 0 Å². The SMILES string of the molecule is NCCNCCCCCCNCCN. The topological polar surface area (TPSA) is 76.1 Å². The van der Waals surface area contributed by atoms with Gasteiger partial charge in [0.1, 0.15) is 0 Å². The molecule has 0 heterocycles. The second-order valence-electron chi connectivity index (χ2n) is 3.49. The van der Waals surface area contributed by atoms with Crippen LogP contribution in [0.3, 0.4) is 0 Å². The van der Waals surface area contributed by atoms with E-state index in [0.717, 1.165) is 39.3 Å². The van der Waals surface area contributed by atoms with Crippen LogP contribution in [0.4, 0.5) is 0 Å². The molecule has 0 radical (unpaired) electrons. The lowest BCUT2D eigenvalue weighted by atomic mass is 10.2. The zero-order chi connectivity index (χ0) is 10.5. The summed E-state index contributed by atoms with van der Waals surface area (Å²) in [7, 11) is 0. The molecule has 0 fully saturated rings. The van der Waals surface area contributed by atoms with Gasteiger partial charge in [0.05, 0.1) is 0 Å². The molecule has 0 unspecified atom stereocenters. The fourth-order valence-electron chi connectivity index (χ4n) is 1.31. The van der Waals surface area contributed by atoms with Gasteiger partial charge in [0.25, 0.3) is 0 Å². The molecule has 14 heavy (non-hydrogen) atoms. The Morgan fingerprint density at radius 3 is 1.36 bits per heavy atom. The zero-order valence-electron chi connectivity index (χ0n) is 9.23. The highest BCUT2D eigenvalue weighted by molar-refractivity contribution is 4.52. The van der Waals surface area contributed by atoms with Crippen molar-refractivity contribution >= 4 is 0 Å². The summed E-state index contributed by atoms with van der Waals surface area (Å²) in [6.07, 6.45) is 5.14. The molecule has 6 N–H and O–H groups in total. The molecule has 0 amide bonds. The predicted molar refractivity (Wildman–Crippen MR) is 62.3 cm³/mol. The van der Waals surface area contributed by atoms with Gasteiger partial charge >= 0.3 is 0 Å². The maximum Gasteiger partial charge on any atom is 0.00745 e. The van der Waals surface area contributed by atoms with Crippen LogP contribution in [0.5, 0.6) is 0 Å². The first-order chi connectivity index (χ1) is 6.91. The highest BCUT2D eigenvalue weighted by atomic mass is 14.9. The molecular formula is C10H26N4. The van der Waals surface area contributed by atoms with Gasteiger partial charge in [0.2, 0.25) is 0 Å². The minimum absolute atomic E-state index is 0.739. The van der Waals surface area contributed by atoms with Crippen molar-refractivity contribution in [2.24, 2.45) is 11.5 Å². The molecular weight excluding hydrogens is 176 g/mol. The van der Waals surface area contributed by atoms with E-state index in [4.69, 9.17) is 11.5 Å². The lowest BCUT2D eigenvalue weighted by molar-refractivity contribution is 0.567. The van der Waals surface area contributed by atoms with Gasteiger partial charge in [-0.15, -0.1) is 0 Å². The van der Waals surface area contributed by atoms with E-state index in [0.29, 0.717) is 0 Å². The second kappa shape index (κ2) is 12.8. The van der Waals surface area contributed by atoms with Crippen LogP contribution in [0.15, 0.2) is 0 Å². The van der Waals surface area contributed by atoms with Crippen LogP contribution in [0, 0.1) is 0 Å². The van der Waals surface area contributed by atoms with Crippen molar-refractivity contribution in [1.29, 1.82) is 0 Å². The van der Waals surface area contributed by atoms with Crippen LogP contribution in [-0.4, -0.2) is 39.3 Å². The summed E-state index contributed by atoms with van der Waals surface area (Å²) in [5.74, 6) is 0. The van der Waals surface area contributed by atoms with E-state index in [9.17, 15) is 0 Å². The Balaban J connectivity index is 2.78. The van der Waals surface area contributed by atoms with Crippen molar-refractivity contribution in [2.45, 2.75) is 25.7 Å². The first-order valence-electron chi connectivity index (χ1n) is 5.73. The normalized spacial score (nSPS) is 10.7. The molecule has 0 aliphatic heterocycles. The monoisotopic (exact) mass is 202 g/mol. The summed E-state index contributed by atoms with van der Waals surface area (Å²) in [6.45, 7) is 5.57. The van der Waals surface area contributed by atoms with Crippen molar-refractivity contribution in [2.75, 3.05) is 39.3 Å². The van der Waals surface area contributed by atoms with E-state index in [1.165, 1.54) is 25.7 Å². The van der Waals surface area contributed by atoms with E-state index in [-0.39, 0.29) is 0 Å². The van der Waals surface area contributed by atoms with E-state index in [1.807, 2.05) is 0 Å². The first kappa shape index (κ1) is 13.8. The predicted octanol–water partition coefficient (Wildman–Crippen LogP) is -0.357. The second-order valence-corrected chi connectivity index (χ2v) is 3.49. The first-order valence-corrected chi connectivity index (χ1v) is 5.73. The number of rotatable bonds is 11. The molecule has 0 spiro atoms. The van der Waals surface area contributed by atoms with Gasteiger partial charge in [0, 0.05) is 26.2 Å². The van der Waals surface area contributed by atoms with E-state index >= 15 is 0 Å². The average Bonchev–Trinajstić information content (AvgIpc) is 2.21. The zero-order valence-corrected chi connectivity index (χ0v) is 9.23. The van der Waals surface area contributed by atoms with Gasteiger partial charge in [-0.1, -0.05) is 12.8 Å². The number of hydrogen-bond donors (Lipinski definition) is 4. The van der Waals surface area contributed by atoms with Gasteiger partial charge in [-0.25, -0.2) is 0 Å². The van der Waals surface area contributed by atoms with Crippen molar-refractivity contribution in [3.63, 3.8) is 0 Å². The third-order valence-electron chi connectivity index (χ3n) is 2.10. The Kier molecular flexibility index (Phi) is 12.7. The molecule has 0 atom stereocenters. The fourth-order valence-corrected chi connectivity index (χ4v) is 1.31. The smallest absolute Gasteiger partial charge is 0.00745 e.